The number of ether oxygens (including phenoxy) is 1. The molecular weight excluding hydrogens is 445 g/mol. The summed E-state index contributed by atoms with van der Waals surface area (Å²) in [6.45, 7) is 1.52. The molecule has 168 valence electrons. The van der Waals surface area contributed by atoms with E-state index in [1.807, 2.05) is 30.3 Å². The van der Waals surface area contributed by atoms with E-state index in [4.69, 9.17) is 4.74 Å². The number of carbonyl (C=O) groups excluding carboxylic acids is 2. The van der Waals surface area contributed by atoms with Crippen LogP contribution in [-0.4, -0.2) is 28.0 Å². The normalized spacial score (nSPS) is 10.8. The number of carbonyl (C=O) groups is 2. The van der Waals surface area contributed by atoms with Gasteiger partial charge in [-0.2, -0.15) is 0 Å². The third kappa shape index (κ3) is 4.98. The van der Waals surface area contributed by atoms with Gasteiger partial charge in [0.25, 0.3) is 5.56 Å². The van der Waals surface area contributed by atoms with Gasteiger partial charge in [0.2, 0.25) is 5.91 Å². The average molecular weight is 466 g/mol. The van der Waals surface area contributed by atoms with Crippen LogP contribution in [0, 0.1) is 12.7 Å². The largest absolute Gasteiger partial charge is 0.461 e. The molecule has 33 heavy (non-hydrogen) atoms. The van der Waals surface area contributed by atoms with Crippen molar-refractivity contribution in [3.8, 4) is 0 Å². The Bertz CT molecular complexity index is 1380. The number of esters is 1. The molecule has 0 aliphatic carbocycles. The summed E-state index contributed by atoms with van der Waals surface area (Å²) in [5.41, 5.74) is 1.08. The lowest BCUT2D eigenvalue weighted by molar-refractivity contribution is -0.116. The zero-order valence-corrected chi connectivity index (χ0v) is 18.5. The molecule has 2 heterocycles. The molecule has 0 radical (unpaired) electrons. The van der Waals surface area contributed by atoms with Gasteiger partial charge in [0.05, 0.1) is 24.0 Å². The second-order valence-electron chi connectivity index (χ2n) is 7.31. The topological polar surface area (TPSA) is 90.3 Å². The fourth-order valence-corrected chi connectivity index (χ4v) is 4.38. The number of aromatic nitrogens is 2. The molecule has 1 amide bonds. The lowest BCUT2D eigenvalue weighted by atomic mass is 10.2. The van der Waals surface area contributed by atoms with Gasteiger partial charge in [-0.25, -0.2) is 14.2 Å². The van der Waals surface area contributed by atoms with Gasteiger partial charge in [-0.3, -0.25) is 14.2 Å². The Morgan fingerprint density at radius 1 is 1.12 bits per heavy atom. The summed E-state index contributed by atoms with van der Waals surface area (Å²) in [7, 11) is 0. The third-order valence-electron chi connectivity index (χ3n) is 5.03. The van der Waals surface area contributed by atoms with Crippen LogP contribution in [0.5, 0.6) is 0 Å². The standard InChI is InChI=1S/C24H20FN3O4S/c1-15-20-22(33-21(15)24(31)32-12-11-16-7-3-2-4-8-16)26-14-28(23(20)30)13-19(29)27-18-10-6-5-9-17(18)25/h2-10,14H,11-13H2,1H3,(H,27,29). The van der Waals surface area contributed by atoms with E-state index in [9.17, 15) is 18.8 Å². The third-order valence-corrected chi connectivity index (χ3v) is 6.21. The Balaban J connectivity index is 1.49. The van der Waals surface area contributed by atoms with E-state index < -0.39 is 23.3 Å². The summed E-state index contributed by atoms with van der Waals surface area (Å²) in [4.78, 5) is 42.8. The van der Waals surface area contributed by atoms with E-state index in [0.717, 1.165) is 21.5 Å². The van der Waals surface area contributed by atoms with E-state index in [2.05, 4.69) is 10.3 Å². The summed E-state index contributed by atoms with van der Waals surface area (Å²) in [5, 5.41) is 2.70. The number of amides is 1. The molecule has 2 aromatic carbocycles. The number of benzene rings is 2. The molecule has 0 saturated carbocycles. The van der Waals surface area contributed by atoms with Crippen molar-refractivity contribution in [2.45, 2.75) is 19.9 Å². The Labute approximate surface area is 192 Å². The number of nitrogens with one attached hydrogen (secondary N) is 1. The molecule has 1 N–H and O–H groups in total. The molecule has 2 aromatic heterocycles. The number of halogens is 1. The molecule has 0 unspecified atom stereocenters. The maximum absolute atomic E-state index is 13.8. The Morgan fingerprint density at radius 3 is 2.61 bits per heavy atom. The molecule has 0 atom stereocenters. The number of aryl methyl sites for hydroxylation is 1. The number of rotatable bonds is 7. The lowest BCUT2D eigenvalue weighted by Gasteiger charge is -2.08. The van der Waals surface area contributed by atoms with E-state index in [-0.39, 0.29) is 24.2 Å². The highest BCUT2D eigenvalue weighted by Crippen LogP contribution is 2.27. The fraction of sp³-hybridized carbons (Fsp3) is 0.167. The maximum atomic E-state index is 13.8. The highest BCUT2D eigenvalue weighted by molar-refractivity contribution is 7.20. The summed E-state index contributed by atoms with van der Waals surface area (Å²) in [6, 6.07) is 15.4. The molecule has 9 heteroatoms. The van der Waals surface area contributed by atoms with Crippen LogP contribution in [0.25, 0.3) is 10.2 Å². The van der Waals surface area contributed by atoms with Crippen LogP contribution >= 0.6 is 11.3 Å². The monoisotopic (exact) mass is 465 g/mol. The van der Waals surface area contributed by atoms with Crippen molar-refractivity contribution in [2.75, 3.05) is 11.9 Å². The number of thiophene rings is 1. The first-order valence-corrected chi connectivity index (χ1v) is 11.0. The average Bonchev–Trinajstić information content (AvgIpc) is 3.15. The number of hydrogen-bond donors (Lipinski definition) is 1. The molecule has 0 spiro atoms. The summed E-state index contributed by atoms with van der Waals surface area (Å²) >= 11 is 1.08. The van der Waals surface area contributed by atoms with Crippen LogP contribution in [-0.2, 0) is 22.5 Å². The van der Waals surface area contributed by atoms with Gasteiger partial charge < -0.3 is 10.1 Å². The van der Waals surface area contributed by atoms with E-state index in [0.29, 0.717) is 21.7 Å². The van der Waals surface area contributed by atoms with Crippen LogP contribution in [0.15, 0.2) is 65.7 Å². The number of anilines is 1. The van der Waals surface area contributed by atoms with E-state index in [1.165, 1.54) is 24.5 Å². The predicted octanol–water partition coefficient (Wildman–Crippen LogP) is 3.94. The molecule has 4 aromatic rings. The molecule has 0 fully saturated rings. The van der Waals surface area contributed by atoms with Crippen LogP contribution in [0.4, 0.5) is 10.1 Å². The van der Waals surface area contributed by atoms with Gasteiger partial charge in [0.1, 0.15) is 22.1 Å². The van der Waals surface area contributed by atoms with Crippen molar-refractivity contribution < 1.29 is 18.7 Å². The summed E-state index contributed by atoms with van der Waals surface area (Å²) in [6.07, 6.45) is 1.82. The fourth-order valence-electron chi connectivity index (χ4n) is 3.35. The highest BCUT2D eigenvalue weighted by atomic mass is 32.1. The number of fused-ring (bicyclic) bond motifs is 1. The number of nitrogens with zero attached hydrogens (tertiary/aromatic N) is 2. The predicted molar refractivity (Wildman–Crippen MR) is 124 cm³/mol. The zero-order valence-electron chi connectivity index (χ0n) is 17.7. The Morgan fingerprint density at radius 2 is 1.85 bits per heavy atom. The SMILES string of the molecule is Cc1c(C(=O)OCCc2ccccc2)sc2ncn(CC(=O)Nc3ccccc3F)c(=O)c12. The first-order chi connectivity index (χ1) is 15.9. The second kappa shape index (κ2) is 9.74. The molecular formula is C24H20FN3O4S. The number of para-hydroxylation sites is 1. The minimum Gasteiger partial charge on any atom is -0.461 e. The minimum atomic E-state index is -0.573. The second-order valence-corrected chi connectivity index (χ2v) is 8.31. The molecule has 0 aliphatic rings. The summed E-state index contributed by atoms with van der Waals surface area (Å²) < 4.78 is 20.3. The van der Waals surface area contributed by atoms with Gasteiger partial charge in [-0.05, 0) is 30.2 Å². The van der Waals surface area contributed by atoms with Crippen LogP contribution < -0.4 is 10.9 Å². The minimum absolute atomic E-state index is 0.0248. The lowest BCUT2D eigenvalue weighted by Crippen LogP contribution is -2.28. The number of hydrogen-bond acceptors (Lipinski definition) is 6. The Kier molecular flexibility index (Phi) is 6.60. The molecule has 7 nitrogen and oxygen atoms in total. The van der Waals surface area contributed by atoms with Crippen molar-refractivity contribution in [2.24, 2.45) is 0 Å². The molecule has 0 aliphatic heterocycles. The molecule has 0 bridgehead atoms. The smallest absolute Gasteiger partial charge is 0.348 e. The zero-order chi connectivity index (χ0) is 23.4. The van der Waals surface area contributed by atoms with Crippen molar-refractivity contribution in [1.82, 2.24) is 9.55 Å². The molecule has 0 saturated heterocycles. The van der Waals surface area contributed by atoms with Crippen molar-refractivity contribution >= 4 is 39.1 Å². The first kappa shape index (κ1) is 22.3. The van der Waals surface area contributed by atoms with Crippen molar-refractivity contribution in [3.63, 3.8) is 0 Å². The quantitative estimate of drug-likeness (QED) is 0.418. The van der Waals surface area contributed by atoms with Gasteiger partial charge in [0, 0.05) is 6.42 Å². The van der Waals surface area contributed by atoms with Crippen LogP contribution in [0.2, 0.25) is 0 Å². The van der Waals surface area contributed by atoms with Gasteiger partial charge in [-0.15, -0.1) is 11.3 Å². The Hall–Kier alpha value is -3.85. The molecule has 4 rings (SSSR count). The van der Waals surface area contributed by atoms with E-state index >= 15 is 0 Å². The summed E-state index contributed by atoms with van der Waals surface area (Å²) in [5.74, 6) is -1.66. The van der Waals surface area contributed by atoms with E-state index in [1.54, 1.807) is 13.0 Å². The van der Waals surface area contributed by atoms with Gasteiger partial charge in [0.15, 0.2) is 0 Å². The van der Waals surface area contributed by atoms with Crippen LogP contribution in [0.3, 0.4) is 0 Å². The van der Waals surface area contributed by atoms with Crippen molar-refractivity contribution in [3.05, 3.63) is 93.1 Å². The first-order valence-electron chi connectivity index (χ1n) is 10.2. The maximum Gasteiger partial charge on any atom is 0.348 e. The van der Waals surface area contributed by atoms with Gasteiger partial charge in [-0.1, -0.05) is 42.5 Å². The van der Waals surface area contributed by atoms with Crippen molar-refractivity contribution in [1.29, 1.82) is 0 Å². The highest BCUT2D eigenvalue weighted by Gasteiger charge is 2.21. The van der Waals surface area contributed by atoms with Gasteiger partial charge >= 0.3 is 5.97 Å². The van der Waals surface area contributed by atoms with Crippen LogP contribution in [0.1, 0.15) is 20.8 Å².